The standard InChI is InChI=1S/C14H17NO4/c1-4-19-14(16)9-15-6-5-11-12(15)7-10(17-2)8-13(11)18-3/h5-8H,4,9H2,1-3H3. The highest BCUT2D eigenvalue weighted by Crippen LogP contribution is 2.31. The number of esters is 1. The number of methoxy groups -OCH3 is 2. The van der Waals surface area contributed by atoms with Crippen LogP contribution in [0.25, 0.3) is 10.9 Å². The molecule has 1 aromatic carbocycles. The number of benzene rings is 1. The molecule has 0 spiro atoms. The summed E-state index contributed by atoms with van der Waals surface area (Å²) in [6.07, 6.45) is 1.84. The predicted molar refractivity (Wildman–Crippen MR) is 71.7 cm³/mol. The van der Waals surface area contributed by atoms with Crippen molar-refractivity contribution in [1.82, 2.24) is 4.57 Å². The monoisotopic (exact) mass is 263 g/mol. The summed E-state index contributed by atoms with van der Waals surface area (Å²) in [6, 6.07) is 5.60. The molecule has 0 unspecified atom stereocenters. The number of fused-ring (bicyclic) bond motifs is 1. The van der Waals surface area contributed by atoms with Crippen molar-refractivity contribution in [1.29, 1.82) is 0 Å². The average molecular weight is 263 g/mol. The van der Waals surface area contributed by atoms with Gasteiger partial charge in [-0.2, -0.15) is 0 Å². The lowest BCUT2D eigenvalue weighted by Gasteiger charge is -2.09. The number of carbonyl (C=O) groups is 1. The van der Waals surface area contributed by atoms with E-state index in [4.69, 9.17) is 14.2 Å². The third-order valence-electron chi connectivity index (χ3n) is 2.88. The second kappa shape index (κ2) is 5.65. The Hall–Kier alpha value is -2.17. The number of aromatic nitrogens is 1. The number of carbonyl (C=O) groups excluding carboxylic acids is 1. The largest absolute Gasteiger partial charge is 0.497 e. The summed E-state index contributed by atoms with van der Waals surface area (Å²) in [6.45, 7) is 2.34. The number of hydrogen-bond donors (Lipinski definition) is 0. The van der Waals surface area contributed by atoms with Crippen LogP contribution in [-0.4, -0.2) is 31.4 Å². The van der Waals surface area contributed by atoms with Gasteiger partial charge in [-0.1, -0.05) is 0 Å². The van der Waals surface area contributed by atoms with Crippen LogP contribution in [0.3, 0.4) is 0 Å². The van der Waals surface area contributed by atoms with Gasteiger partial charge in [0.15, 0.2) is 0 Å². The van der Waals surface area contributed by atoms with Gasteiger partial charge in [-0.15, -0.1) is 0 Å². The predicted octanol–water partition coefficient (Wildman–Crippen LogP) is 2.22. The van der Waals surface area contributed by atoms with E-state index >= 15 is 0 Å². The molecule has 0 saturated heterocycles. The highest BCUT2D eigenvalue weighted by molar-refractivity contribution is 5.89. The Morgan fingerprint density at radius 2 is 2.05 bits per heavy atom. The number of nitrogens with zero attached hydrogens (tertiary/aromatic N) is 1. The molecule has 0 bridgehead atoms. The minimum absolute atomic E-state index is 0.174. The first-order valence-corrected chi connectivity index (χ1v) is 6.06. The SMILES string of the molecule is CCOC(=O)Cn1ccc2c(OC)cc(OC)cc21. The normalized spacial score (nSPS) is 10.5. The molecule has 19 heavy (non-hydrogen) atoms. The molecule has 1 heterocycles. The second-order valence-electron chi connectivity index (χ2n) is 4.01. The van der Waals surface area contributed by atoms with Gasteiger partial charge in [0.1, 0.15) is 18.0 Å². The lowest BCUT2D eigenvalue weighted by atomic mass is 10.2. The van der Waals surface area contributed by atoms with E-state index in [1.54, 1.807) is 21.1 Å². The average Bonchev–Trinajstić information content (AvgIpc) is 2.81. The van der Waals surface area contributed by atoms with Gasteiger partial charge in [0, 0.05) is 23.7 Å². The molecule has 102 valence electrons. The fraction of sp³-hybridized carbons (Fsp3) is 0.357. The quantitative estimate of drug-likeness (QED) is 0.776. The van der Waals surface area contributed by atoms with Crippen LogP contribution in [0.2, 0.25) is 0 Å². The number of hydrogen-bond acceptors (Lipinski definition) is 4. The van der Waals surface area contributed by atoms with Crippen molar-refractivity contribution in [2.45, 2.75) is 13.5 Å². The maximum atomic E-state index is 11.6. The summed E-state index contributed by atoms with van der Waals surface area (Å²) in [5, 5.41) is 0.938. The van der Waals surface area contributed by atoms with Crippen molar-refractivity contribution >= 4 is 16.9 Å². The van der Waals surface area contributed by atoms with Crippen molar-refractivity contribution < 1.29 is 19.0 Å². The van der Waals surface area contributed by atoms with Gasteiger partial charge in [0.25, 0.3) is 0 Å². The zero-order valence-electron chi connectivity index (χ0n) is 11.3. The van der Waals surface area contributed by atoms with Crippen LogP contribution in [0, 0.1) is 0 Å². The van der Waals surface area contributed by atoms with E-state index in [0.717, 1.165) is 16.7 Å². The molecule has 0 atom stereocenters. The molecule has 2 aromatic rings. The van der Waals surface area contributed by atoms with Gasteiger partial charge in [0.2, 0.25) is 0 Å². The van der Waals surface area contributed by atoms with E-state index in [1.807, 2.05) is 29.0 Å². The lowest BCUT2D eigenvalue weighted by Crippen LogP contribution is -2.12. The topological polar surface area (TPSA) is 49.7 Å². The smallest absolute Gasteiger partial charge is 0.325 e. The van der Waals surface area contributed by atoms with E-state index in [1.165, 1.54) is 0 Å². The minimum Gasteiger partial charge on any atom is -0.497 e. The van der Waals surface area contributed by atoms with Gasteiger partial charge >= 0.3 is 5.97 Å². The van der Waals surface area contributed by atoms with Crippen LogP contribution < -0.4 is 9.47 Å². The lowest BCUT2D eigenvalue weighted by molar-refractivity contribution is -0.143. The summed E-state index contributed by atoms with van der Waals surface area (Å²) in [5.74, 6) is 1.15. The molecule has 0 amide bonds. The van der Waals surface area contributed by atoms with Crippen molar-refractivity contribution in [3.8, 4) is 11.5 Å². The van der Waals surface area contributed by atoms with Crippen molar-refractivity contribution in [2.24, 2.45) is 0 Å². The van der Waals surface area contributed by atoms with Crippen LogP contribution in [0.1, 0.15) is 6.92 Å². The minimum atomic E-state index is -0.262. The molecule has 0 saturated carbocycles. The van der Waals surface area contributed by atoms with Gasteiger partial charge in [-0.3, -0.25) is 4.79 Å². The van der Waals surface area contributed by atoms with E-state index in [2.05, 4.69) is 0 Å². The number of ether oxygens (including phenoxy) is 3. The zero-order valence-corrected chi connectivity index (χ0v) is 11.3. The van der Waals surface area contributed by atoms with E-state index in [9.17, 15) is 4.79 Å². The van der Waals surface area contributed by atoms with Crippen molar-refractivity contribution in [2.75, 3.05) is 20.8 Å². The van der Waals surface area contributed by atoms with Crippen LogP contribution >= 0.6 is 0 Å². The number of rotatable bonds is 5. The van der Waals surface area contributed by atoms with E-state index in [0.29, 0.717) is 12.4 Å². The van der Waals surface area contributed by atoms with Gasteiger partial charge in [-0.25, -0.2) is 0 Å². The van der Waals surface area contributed by atoms with Gasteiger partial charge in [-0.05, 0) is 13.0 Å². The Morgan fingerprint density at radius 1 is 1.26 bits per heavy atom. The van der Waals surface area contributed by atoms with Crippen molar-refractivity contribution in [3.05, 3.63) is 24.4 Å². The van der Waals surface area contributed by atoms with Crippen LogP contribution in [0.5, 0.6) is 11.5 Å². The fourth-order valence-electron chi connectivity index (χ4n) is 2.01. The molecule has 5 nitrogen and oxygen atoms in total. The second-order valence-corrected chi connectivity index (χ2v) is 4.01. The third-order valence-corrected chi connectivity index (χ3v) is 2.88. The zero-order chi connectivity index (χ0) is 13.8. The first-order chi connectivity index (χ1) is 9.19. The summed E-state index contributed by atoms with van der Waals surface area (Å²) >= 11 is 0. The summed E-state index contributed by atoms with van der Waals surface area (Å²) in [4.78, 5) is 11.6. The molecule has 0 fully saturated rings. The molecule has 1 aromatic heterocycles. The summed E-state index contributed by atoms with van der Waals surface area (Å²) < 4.78 is 17.3. The summed E-state index contributed by atoms with van der Waals surface area (Å²) in [7, 11) is 3.20. The molecule has 0 aliphatic heterocycles. The molecule has 0 aliphatic carbocycles. The molecular weight excluding hydrogens is 246 g/mol. The van der Waals surface area contributed by atoms with Crippen LogP contribution in [0.4, 0.5) is 0 Å². The molecule has 0 aliphatic rings. The Labute approximate surface area is 111 Å². The molecule has 0 radical (unpaired) electrons. The maximum absolute atomic E-state index is 11.6. The van der Waals surface area contributed by atoms with Crippen LogP contribution in [0.15, 0.2) is 24.4 Å². The molecule has 5 heteroatoms. The summed E-state index contributed by atoms with van der Waals surface area (Å²) in [5.41, 5.74) is 0.879. The molecule has 0 N–H and O–H groups in total. The van der Waals surface area contributed by atoms with Gasteiger partial charge < -0.3 is 18.8 Å². The van der Waals surface area contributed by atoms with Crippen LogP contribution in [-0.2, 0) is 16.1 Å². The van der Waals surface area contributed by atoms with Gasteiger partial charge in [0.05, 0.1) is 26.3 Å². The van der Waals surface area contributed by atoms with E-state index in [-0.39, 0.29) is 12.5 Å². The Balaban J connectivity index is 2.43. The molecular formula is C14H17NO4. The fourth-order valence-corrected chi connectivity index (χ4v) is 2.01. The third kappa shape index (κ3) is 2.65. The first kappa shape index (κ1) is 13.3. The van der Waals surface area contributed by atoms with E-state index < -0.39 is 0 Å². The Bertz CT molecular complexity index is 588. The van der Waals surface area contributed by atoms with Crippen molar-refractivity contribution in [3.63, 3.8) is 0 Å². The molecule has 2 rings (SSSR count). The highest BCUT2D eigenvalue weighted by Gasteiger charge is 2.11. The highest BCUT2D eigenvalue weighted by atomic mass is 16.5. The Kier molecular flexibility index (Phi) is 3.94. The first-order valence-electron chi connectivity index (χ1n) is 6.06. The maximum Gasteiger partial charge on any atom is 0.325 e. The Morgan fingerprint density at radius 3 is 2.68 bits per heavy atom.